The molecule has 2 aromatic rings. The summed E-state index contributed by atoms with van der Waals surface area (Å²) in [6.07, 6.45) is 1.64. The van der Waals surface area contributed by atoms with E-state index in [2.05, 4.69) is 0 Å². The smallest absolute Gasteiger partial charge is 0.331 e. The van der Waals surface area contributed by atoms with Crippen LogP contribution in [0.15, 0.2) is 41.3 Å². The molecule has 27 heavy (non-hydrogen) atoms. The summed E-state index contributed by atoms with van der Waals surface area (Å²) in [5.41, 5.74) is 3.05. The highest BCUT2D eigenvalue weighted by Crippen LogP contribution is 2.32. The zero-order valence-electron chi connectivity index (χ0n) is 15.4. The summed E-state index contributed by atoms with van der Waals surface area (Å²) < 4.78 is 23.9. The molecule has 6 nitrogen and oxygen atoms in total. The van der Waals surface area contributed by atoms with Crippen molar-refractivity contribution >= 4 is 21.7 Å². The van der Waals surface area contributed by atoms with Gasteiger partial charge >= 0.3 is 5.97 Å². The number of carboxylic acids is 1. The lowest BCUT2D eigenvalue weighted by atomic mass is 9.91. The van der Waals surface area contributed by atoms with Gasteiger partial charge in [0, 0.05) is 18.4 Å². The number of fused-ring (bicyclic) bond motifs is 1. The van der Waals surface area contributed by atoms with E-state index in [4.69, 9.17) is 0 Å². The lowest BCUT2D eigenvalue weighted by molar-refractivity contribution is -0.143. The summed E-state index contributed by atoms with van der Waals surface area (Å²) in [5.74, 6) is -1.58. The van der Waals surface area contributed by atoms with Crippen molar-refractivity contribution in [2.75, 3.05) is 12.8 Å². The van der Waals surface area contributed by atoms with Gasteiger partial charge in [-0.1, -0.05) is 24.3 Å². The van der Waals surface area contributed by atoms with Crippen LogP contribution in [0.1, 0.15) is 38.7 Å². The molecular weight excluding hydrogens is 366 g/mol. The number of sulfone groups is 1. The minimum Gasteiger partial charge on any atom is -0.479 e. The Morgan fingerprint density at radius 2 is 1.81 bits per heavy atom. The number of carboxylic acid groups (broad SMARTS) is 1. The van der Waals surface area contributed by atoms with Crippen LogP contribution in [0.5, 0.6) is 0 Å². The zero-order valence-corrected chi connectivity index (χ0v) is 16.2. The molecule has 2 aromatic carbocycles. The van der Waals surface area contributed by atoms with Gasteiger partial charge in [-0.25, -0.2) is 13.2 Å². The quantitative estimate of drug-likeness (QED) is 0.874. The first-order chi connectivity index (χ1) is 12.6. The molecule has 0 saturated heterocycles. The largest absolute Gasteiger partial charge is 0.479 e. The van der Waals surface area contributed by atoms with Gasteiger partial charge < -0.3 is 10.0 Å². The second-order valence-corrected chi connectivity index (χ2v) is 8.89. The molecule has 3 rings (SSSR count). The van der Waals surface area contributed by atoms with Crippen molar-refractivity contribution in [3.8, 4) is 0 Å². The maximum atomic E-state index is 13.2. The van der Waals surface area contributed by atoms with E-state index in [0.717, 1.165) is 11.8 Å². The van der Waals surface area contributed by atoms with Crippen molar-refractivity contribution in [1.29, 1.82) is 0 Å². The Morgan fingerprint density at radius 3 is 2.44 bits per heavy atom. The average molecular weight is 387 g/mol. The Morgan fingerprint density at radius 1 is 1.15 bits per heavy atom. The van der Waals surface area contributed by atoms with Gasteiger partial charge in [-0.05, 0) is 54.7 Å². The lowest BCUT2D eigenvalue weighted by Gasteiger charge is -2.35. The molecule has 1 atom stereocenters. The van der Waals surface area contributed by atoms with Gasteiger partial charge in [0.2, 0.25) is 0 Å². The van der Waals surface area contributed by atoms with Gasteiger partial charge in [0.05, 0.1) is 4.90 Å². The van der Waals surface area contributed by atoms with Crippen LogP contribution in [0.25, 0.3) is 0 Å². The molecule has 0 aliphatic carbocycles. The number of carbonyl (C=O) groups excluding carboxylic acids is 1. The van der Waals surface area contributed by atoms with Crippen molar-refractivity contribution in [1.82, 2.24) is 4.90 Å². The fraction of sp³-hybridized carbons (Fsp3) is 0.300. The van der Waals surface area contributed by atoms with Crippen molar-refractivity contribution in [3.63, 3.8) is 0 Å². The maximum absolute atomic E-state index is 13.2. The van der Waals surface area contributed by atoms with Gasteiger partial charge in [0.15, 0.2) is 15.9 Å². The van der Waals surface area contributed by atoms with Crippen molar-refractivity contribution in [2.45, 2.75) is 31.2 Å². The molecule has 1 aliphatic rings. The summed E-state index contributed by atoms with van der Waals surface area (Å²) in [4.78, 5) is 26.6. The SMILES string of the molecule is Cc1cc(S(C)(=O)=O)cc(C(=O)N2CCc3ccccc3C2C(=O)O)c1C. The Balaban J connectivity index is 2.11. The van der Waals surface area contributed by atoms with E-state index in [0.29, 0.717) is 23.1 Å². The second kappa shape index (κ2) is 6.81. The molecule has 1 unspecified atom stereocenters. The first kappa shape index (κ1) is 19.1. The minimum absolute atomic E-state index is 0.0539. The summed E-state index contributed by atoms with van der Waals surface area (Å²) in [5, 5.41) is 9.77. The molecule has 142 valence electrons. The maximum Gasteiger partial charge on any atom is 0.331 e. The second-order valence-electron chi connectivity index (χ2n) is 6.87. The average Bonchev–Trinajstić information content (AvgIpc) is 2.61. The molecule has 0 bridgehead atoms. The first-order valence-corrected chi connectivity index (χ1v) is 10.4. The van der Waals surface area contributed by atoms with E-state index >= 15 is 0 Å². The zero-order chi connectivity index (χ0) is 19.9. The number of aliphatic carboxylic acids is 1. The fourth-order valence-electron chi connectivity index (χ4n) is 3.47. The number of carbonyl (C=O) groups is 2. The predicted molar refractivity (Wildman–Crippen MR) is 101 cm³/mol. The van der Waals surface area contributed by atoms with Crippen LogP contribution in [0, 0.1) is 13.8 Å². The van der Waals surface area contributed by atoms with Crippen LogP contribution < -0.4 is 0 Å². The number of hydrogen-bond acceptors (Lipinski definition) is 4. The molecule has 1 N–H and O–H groups in total. The Bertz CT molecular complexity index is 1040. The summed E-state index contributed by atoms with van der Waals surface area (Å²) in [7, 11) is -3.49. The fourth-order valence-corrected chi connectivity index (χ4v) is 4.19. The number of aryl methyl sites for hydroxylation is 1. The van der Waals surface area contributed by atoms with E-state index in [1.54, 1.807) is 26.0 Å². The number of hydrogen-bond donors (Lipinski definition) is 1. The normalized spacial score (nSPS) is 16.7. The Kier molecular flexibility index (Phi) is 4.82. The van der Waals surface area contributed by atoms with E-state index < -0.39 is 27.8 Å². The van der Waals surface area contributed by atoms with Gasteiger partial charge in [0.25, 0.3) is 5.91 Å². The van der Waals surface area contributed by atoms with Crippen molar-refractivity contribution in [3.05, 3.63) is 64.2 Å². The van der Waals surface area contributed by atoms with Crippen LogP contribution in [0.3, 0.4) is 0 Å². The summed E-state index contributed by atoms with van der Waals surface area (Å²) >= 11 is 0. The standard InChI is InChI=1S/C20H21NO5S/c1-12-10-15(27(3,25)26)11-17(13(12)2)19(22)21-9-8-14-6-4-5-7-16(14)18(21)20(23)24/h4-7,10-11,18H,8-9H2,1-3H3,(H,23,24). The number of benzene rings is 2. The minimum atomic E-state index is -3.49. The van der Waals surface area contributed by atoms with E-state index in [9.17, 15) is 23.1 Å². The van der Waals surface area contributed by atoms with E-state index in [1.807, 2.05) is 12.1 Å². The molecule has 0 saturated carbocycles. The first-order valence-electron chi connectivity index (χ1n) is 8.54. The van der Waals surface area contributed by atoms with Crippen LogP contribution in [-0.2, 0) is 21.1 Å². The van der Waals surface area contributed by atoms with Gasteiger partial charge in [-0.3, -0.25) is 4.79 Å². The Labute approximate surface area is 158 Å². The topological polar surface area (TPSA) is 91.8 Å². The number of rotatable bonds is 3. The monoisotopic (exact) mass is 387 g/mol. The van der Waals surface area contributed by atoms with E-state index in [1.165, 1.54) is 17.0 Å². The third-order valence-electron chi connectivity index (χ3n) is 5.08. The summed E-state index contributed by atoms with van der Waals surface area (Å²) in [6.45, 7) is 3.73. The highest BCUT2D eigenvalue weighted by atomic mass is 32.2. The highest BCUT2D eigenvalue weighted by Gasteiger charge is 2.36. The third-order valence-corrected chi connectivity index (χ3v) is 6.17. The molecule has 1 heterocycles. The molecular formula is C20H21NO5S. The van der Waals surface area contributed by atoms with Gasteiger partial charge in [-0.2, -0.15) is 0 Å². The lowest BCUT2D eigenvalue weighted by Crippen LogP contribution is -2.43. The van der Waals surface area contributed by atoms with Gasteiger partial charge in [-0.15, -0.1) is 0 Å². The molecule has 7 heteroatoms. The molecule has 0 spiro atoms. The molecule has 1 amide bonds. The van der Waals surface area contributed by atoms with Crippen molar-refractivity contribution in [2.24, 2.45) is 0 Å². The van der Waals surface area contributed by atoms with E-state index in [-0.39, 0.29) is 17.0 Å². The van der Waals surface area contributed by atoms with Gasteiger partial charge in [0.1, 0.15) is 0 Å². The molecule has 0 aromatic heterocycles. The predicted octanol–water partition coefficient (Wildman–Crippen LogP) is 2.53. The molecule has 0 radical (unpaired) electrons. The Hall–Kier alpha value is -2.67. The summed E-state index contributed by atoms with van der Waals surface area (Å²) in [6, 6.07) is 8.97. The number of amides is 1. The third kappa shape index (κ3) is 3.47. The van der Waals surface area contributed by atoms with Crippen LogP contribution in [0.2, 0.25) is 0 Å². The molecule has 1 aliphatic heterocycles. The van der Waals surface area contributed by atoms with Crippen molar-refractivity contribution < 1.29 is 23.1 Å². The highest BCUT2D eigenvalue weighted by molar-refractivity contribution is 7.90. The van der Waals surface area contributed by atoms with Crippen LogP contribution >= 0.6 is 0 Å². The number of nitrogens with zero attached hydrogens (tertiary/aromatic N) is 1. The van der Waals surface area contributed by atoms with Crippen LogP contribution in [0.4, 0.5) is 0 Å². The molecule has 0 fully saturated rings. The van der Waals surface area contributed by atoms with Crippen LogP contribution in [-0.4, -0.2) is 43.1 Å².